The summed E-state index contributed by atoms with van der Waals surface area (Å²) < 4.78 is 28.2. The van der Waals surface area contributed by atoms with E-state index in [-0.39, 0.29) is 28.1 Å². The molecule has 1 aliphatic heterocycles. The zero-order chi connectivity index (χ0) is 21.5. The summed E-state index contributed by atoms with van der Waals surface area (Å²) in [4.78, 5) is 17.4. The first-order valence-corrected chi connectivity index (χ1v) is 11.7. The fourth-order valence-corrected chi connectivity index (χ4v) is 6.03. The number of piperidine rings is 1. The van der Waals surface area contributed by atoms with Gasteiger partial charge in [-0.2, -0.15) is 4.31 Å². The number of phenolic OH excluding ortho intramolecular Hbond substituents is 2. The number of phenols is 2. The average molecular weight is 448 g/mol. The van der Waals surface area contributed by atoms with Gasteiger partial charge in [0.1, 0.15) is 6.04 Å². The largest absolute Gasteiger partial charge is 0.504 e. The summed E-state index contributed by atoms with van der Waals surface area (Å²) in [6.07, 6.45) is 1.86. The summed E-state index contributed by atoms with van der Waals surface area (Å²) in [6, 6.07) is 8.43. The van der Waals surface area contributed by atoms with Crippen LogP contribution in [0.3, 0.4) is 0 Å². The van der Waals surface area contributed by atoms with Gasteiger partial charge in [-0.15, -0.1) is 0 Å². The SMILES string of the molecule is Cc1ccc(S(=O)(=O)N2CCCC[C@H]2C(=O)Nc2nc3cc(O)c(O)cc3s2)cc1. The van der Waals surface area contributed by atoms with Gasteiger partial charge in [-0.3, -0.25) is 4.79 Å². The minimum absolute atomic E-state index is 0.165. The normalized spacial score (nSPS) is 17.8. The topological polar surface area (TPSA) is 120 Å². The second kappa shape index (κ2) is 7.86. The van der Waals surface area contributed by atoms with Crippen LogP contribution in [0.25, 0.3) is 10.2 Å². The molecule has 30 heavy (non-hydrogen) atoms. The van der Waals surface area contributed by atoms with E-state index < -0.39 is 22.0 Å². The second-order valence-electron chi connectivity index (χ2n) is 7.26. The highest BCUT2D eigenvalue weighted by Crippen LogP contribution is 2.35. The van der Waals surface area contributed by atoms with Crippen molar-refractivity contribution in [2.24, 2.45) is 0 Å². The third-order valence-corrected chi connectivity index (χ3v) is 7.95. The van der Waals surface area contributed by atoms with E-state index in [1.165, 1.54) is 16.4 Å². The molecule has 0 saturated carbocycles. The molecule has 158 valence electrons. The number of benzene rings is 2. The molecule has 10 heteroatoms. The van der Waals surface area contributed by atoms with Crippen LogP contribution in [0.1, 0.15) is 24.8 Å². The zero-order valence-electron chi connectivity index (χ0n) is 16.2. The summed E-state index contributed by atoms with van der Waals surface area (Å²) in [5.41, 5.74) is 1.38. The van der Waals surface area contributed by atoms with Crippen molar-refractivity contribution >= 4 is 42.6 Å². The van der Waals surface area contributed by atoms with Crippen molar-refractivity contribution in [1.82, 2.24) is 9.29 Å². The molecule has 1 aliphatic rings. The van der Waals surface area contributed by atoms with Crippen LogP contribution in [0.4, 0.5) is 5.13 Å². The molecule has 2 aromatic carbocycles. The number of carbonyl (C=O) groups excluding carboxylic acids is 1. The van der Waals surface area contributed by atoms with Crippen LogP contribution < -0.4 is 5.32 Å². The van der Waals surface area contributed by atoms with Crippen molar-refractivity contribution in [1.29, 1.82) is 0 Å². The van der Waals surface area contributed by atoms with E-state index in [0.717, 1.165) is 23.3 Å². The van der Waals surface area contributed by atoms with Gasteiger partial charge in [0.25, 0.3) is 0 Å². The Balaban J connectivity index is 1.59. The van der Waals surface area contributed by atoms with Crippen molar-refractivity contribution in [2.75, 3.05) is 11.9 Å². The quantitative estimate of drug-likeness (QED) is 0.529. The molecule has 3 N–H and O–H groups in total. The molecule has 1 atom stereocenters. The lowest BCUT2D eigenvalue weighted by Gasteiger charge is -2.33. The van der Waals surface area contributed by atoms with E-state index >= 15 is 0 Å². The zero-order valence-corrected chi connectivity index (χ0v) is 17.8. The Bertz CT molecular complexity index is 1170. The lowest BCUT2D eigenvalue weighted by atomic mass is 10.0. The average Bonchev–Trinajstić information content (AvgIpc) is 3.09. The van der Waals surface area contributed by atoms with Crippen LogP contribution in [0.15, 0.2) is 41.3 Å². The first kappa shape index (κ1) is 20.6. The number of fused-ring (bicyclic) bond motifs is 1. The number of nitrogens with zero attached hydrogens (tertiary/aromatic N) is 2. The van der Waals surface area contributed by atoms with Gasteiger partial charge in [-0.25, -0.2) is 13.4 Å². The summed E-state index contributed by atoms with van der Waals surface area (Å²) >= 11 is 1.14. The Morgan fingerprint density at radius 2 is 1.87 bits per heavy atom. The molecule has 1 amide bonds. The van der Waals surface area contributed by atoms with Crippen LogP contribution in [-0.4, -0.2) is 46.4 Å². The maximum absolute atomic E-state index is 13.2. The minimum Gasteiger partial charge on any atom is -0.504 e. The predicted octanol–water partition coefficient (Wildman–Crippen LogP) is 3.20. The van der Waals surface area contributed by atoms with Crippen molar-refractivity contribution in [3.05, 3.63) is 42.0 Å². The van der Waals surface area contributed by atoms with Crippen LogP contribution >= 0.6 is 11.3 Å². The lowest BCUT2D eigenvalue weighted by molar-refractivity contribution is -0.120. The van der Waals surface area contributed by atoms with Crippen LogP contribution in [0.2, 0.25) is 0 Å². The van der Waals surface area contributed by atoms with Gasteiger partial charge in [-0.05, 0) is 31.9 Å². The highest BCUT2D eigenvalue weighted by Gasteiger charge is 2.37. The predicted molar refractivity (Wildman–Crippen MR) is 114 cm³/mol. The van der Waals surface area contributed by atoms with Gasteiger partial charge in [0.05, 0.1) is 15.1 Å². The van der Waals surface area contributed by atoms with Crippen LogP contribution in [0.5, 0.6) is 11.5 Å². The molecule has 8 nitrogen and oxygen atoms in total. The number of thiazole rings is 1. The van der Waals surface area contributed by atoms with Crippen molar-refractivity contribution in [3.63, 3.8) is 0 Å². The van der Waals surface area contributed by atoms with E-state index in [1.54, 1.807) is 24.3 Å². The first-order chi connectivity index (χ1) is 14.3. The smallest absolute Gasteiger partial charge is 0.244 e. The van der Waals surface area contributed by atoms with E-state index in [4.69, 9.17) is 0 Å². The molecule has 1 saturated heterocycles. The fourth-order valence-electron chi connectivity index (χ4n) is 3.49. The van der Waals surface area contributed by atoms with Gasteiger partial charge < -0.3 is 15.5 Å². The Kier molecular flexibility index (Phi) is 5.39. The van der Waals surface area contributed by atoms with Crippen molar-refractivity contribution in [2.45, 2.75) is 37.1 Å². The molecular weight excluding hydrogens is 426 g/mol. The van der Waals surface area contributed by atoms with Gasteiger partial charge in [0.15, 0.2) is 16.6 Å². The number of nitrogens with one attached hydrogen (secondary N) is 1. The maximum Gasteiger partial charge on any atom is 0.244 e. The number of aromatic hydroxyl groups is 2. The molecule has 1 aromatic heterocycles. The molecule has 0 radical (unpaired) electrons. The molecule has 0 bridgehead atoms. The van der Waals surface area contributed by atoms with E-state index in [0.29, 0.717) is 23.1 Å². The fraction of sp³-hybridized carbons (Fsp3) is 0.300. The number of anilines is 1. The molecular formula is C20H21N3O5S2. The first-order valence-electron chi connectivity index (χ1n) is 9.47. The van der Waals surface area contributed by atoms with E-state index in [2.05, 4.69) is 10.3 Å². The summed E-state index contributed by atoms with van der Waals surface area (Å²) in [5.74, 6) is -1.02. The third kappa shape index (κ3) is 3.85. The van der Waals surface area contributed by atoms with Gasteiger partial charge >= 0.3 is 0 Å². The van der Waals surface area contributed by atoms with Crippen LogP contribution in [-0.2, 0) is 14.8 Å². The van der Waals surface area contributed by atoms with Gasteiger partial charge in [0, 0.05) is 18.7 Å². The highest BCUT2D eigenvalue weighted by molar-refractivity contribution is 7.89. The monoisotopic (exact) mass is 447 g/mol. The van der Waals surface area contributed by atoms with Crippen molar-refractivity contribution < 1.29 is 23.4 Å². The number of hydrogen-bond acceptors (Lipinski definition) is 7. The van der Waals surface area contributed by atoms with E-state index in [1.807, 2.05) is 6.92 Å². The molecule has 1 fully saturated rings. The molecule has 0 unspecified atom stereocenters. The number of sulfonamides is 1. The molecule has 0 spiro atoms. The standard InChI is InChI=1S/C20H21N3O5S2/c1-12-5-7-13(8-6-12)30(27,28)23-9-3-2-4-15(23)19(26)22-20-21-14-10-16(24)17(25)11-18(14)29-20/h5-8,10-11,15,24-25H,2-4,9H2,1H3,(H,21,22,26)/t15-/m0/s1. The number of rotatable bonds is 4. The molecule has 2 heterocycles. The van der Waals surface area contributed by atoms with E-state index in [9.17, 15) is 23.4 Å². The lowest BCUT2D eigenvalue weighted by Crippen LogP contribution is -2.49. The van der Waals surface area contributed by atoms with Gasteiger partial charge in [0.2, 0.25) is 15.9 Å². The summed E-state index contributed by atoms with van der Waals surface area (Å²) in [7, 11) is -3.81. The Morgan fingerprint density at radius 3 is 2.60 bits per heavy atom. The number of hydrogen-bond donors (Lipinski definition) is 3. The summed E-state index contributed by atoms with van der Waals surface area (Å²) in [5, 5.41) is 22.2. The summed E-state index contributed by atoms with van der Waals surface area (Å²) in [6.45, 7) is 2.15. The number of carbonyl (C=O) groups is 1. The molecule has 3 aromatic rings. The Morgan fingerprint density at radius 1 is 1.17 bits per heavy atom. The highest BCUT2D eigenvalue weighted by atomic mass is 32.2. The third-order valence-electron chi connectivity index (χ3n) is 5.10. The number of aryl methyl sites for hydroxylation is 1. The second-order valence-corrected chi connectivity index (χ2v) is 10.2. The number of aromatic nitrogens is 1. The minimum atomic E-state index is -3.81. The van der Waals surface area contributed by atoms with Gasteiger partial charge in [-0.1, -0.05) is 35.5 Å². The van der Waals surface area contributed by atoms with Crippen LogP contribution in [0, 0.1) is 6.92 Å². The molecule has 0 aliphatic carbocycles. The van der Waals surface area contributed by atoms with Crippen molar-refractivity contribution in [3.8, 4) is 11.5 Å². The number of amides is 1. The Labute approximate surface area is 177 Å². The Hall–Kier alpha value is -2.69. The molecule has 4 rings (SSSR count). The maximum atomic E-state index is 13.2.